The van der Waals surface area contributed by atoms with Crippen LogP contribution in [-0.2, 0) is 0 Å². The molecule has 2 aliphatic rings. The van der Waals surface area contributed by atoms with E-state index in [0.29, 0.717) is 5.56 Å². The van der Waals surface area contributed by atoms with Crippen molar-refractivity contribution in [3.05, 3.63) is 84.7 Å². The maximum absolute atomic E-state index is 14.5. The molecule has 2 aliphatic heterocycles. The SMILES string of the molecule is Fc1ccccc1[C@@H]1Oc2ccc(Br)cc2[C@@H]2CC(c3ccc(Br)s3)=NN21. The second-order valence-electron chi connectivity index (χ2n) is 6.42. The van der Waals surface area contributed by atoms with Crippen molar-refractivity contribution in [2.75, 3.05) is 0 Å². The van der Waals surface area contributed by atoms with Gasteiger partial charge in [0, 0.05) is 16.5 Å². The zero-order valence-electron chi connectivity index (χ0n) is 13.9. The van der Waals surface area contributed by atoms with Crippen LogP contribution < -0.4 is 4.74 Å². The van der Waals surface area contributed by atoms with Gasteiger partial charge in [-0.15, -0.1) is 11.3 Å². The van der Waals surface area contributed by atoms with E-state index < -0.39 is 6.23 Å². The number of fused-ring (bicyclic) bond motifs is 3. The molecule has 2 atom stereocenters. The van der Waals surface area contributed by atoms with Crippen molar-refractivity contribution in [1.29, 1.82) is 0 Å². The number of benzene rings is 2. The highest BCUT2D eigenvalue weighted by atomic mass is 79.9. The van der Waals surface area contributed by atoms with Crippen molar-refractivity contribution in [2.45, 2.75) is 18.7 Å². The van der Waals surface area contributed by atoms with Gasteiger partial charge in [-0.1, -0.05) is 34.1 Å². The summed E-state index contributed by atoms with van der Waals surface area (Å²) in [6, 6.07) is 16.8. The molecule has 0 radical (unpaired) electrons. The third-order valence-electron chi connectivity index (χ3n) is 4.78. The number of hydrazone groups is 1. The van der Waals surface area contributed by atoms with E-state index in [9.17, 15) is 4.39 Å². The van der Waals surface area contributed by atoms with Crippen LogP contribution in [0.25, 0.3) is 0 Å². The Labute approximate surface area is 176 Å². The molecule has 0 saturated heterocycles. The predicted molar refractivity (Wildman–Crippen MR) is 112 cm³/mol. The van der Waals surface area contributed by atoms with E-state index in [1.165, 1.54) is 6.07 Å². The molecular weight excluding hydrogens is 495 g/mol. The van der Waals surface area contributed by atoms with Crippen molar-refractivity contribution in [3.63, 3.8) is 0 Å². The molecule has 0 unspecified atom stereocenters. The number of ether oxygens (including phenoxy) is 1. The molecule has 7 heteroatoms. The fraction of sp³-hybridized carbons (Fsp3) is 0.150. The number of thiophene rings is 1. The first-order valence-electron chi connectivity index (χ1n) is 8.42. The Morgan fingerprint density at radius 1 is 1.07 bits per heavy atom. The topological polar surface area (TPSA) is 24.8 Å². The number of rotatable bonds is 2. The predicted octanol–water partition coefficient (Wildman–Crippen LogP) is 6.65. The summed E-state index contributed by atoms with van der Waals surface area (Å²) in [7, 11) is 0. The summed E-state index contributed by atoms with van der Waals surface area (Å²) in [6.45, 7) is 0. The fourth-order valence-corrected chi connectivity index (χ4v) is 5.32. The molecule has 0 amide bonds. The van der Waals surface area contributed by atoms with E-state index >= 15 is 0 Å². The maximum atomic E-state index is 14.5. The van der Waals surface area contributed by atoms with Crippen LogP contribution in [0, 0.1) is 5.82 Å². The normalized spacial score (nSPS) is 20.7. The minimum atomic E-state index is -0.592. The van der Waals surface area contributed by atoms with Gasteiger partial charge in [0.15, 0.2) is 0 Å². The van der Waals surface area contributed by atoms with Crippen LogP contribution in [0.15, 0.2) is 68.0 Å². The monoisotopic (exact) mass is 506 g/mol. The number of hydrogen-bond donors (Lipinski definition) is 0. The van der Waals surface area contributed by atoms with Gasteiger partial charge in [-0.25, -0.2) is 9.40 Å². The number of halogens is 3. The van der Waals surface area contributed by atoms with E-state index in [-0.39, 0.29) is 11.9 Å². The third-order valence-corrected chi connectivity index (χ3v) is 6.95. The van der Waals surface area contributed by atoms with Crippen LogP contribution in [0.1, 0.15) is 34.7 Å². The van der Waals surface area contributed by atoms with E-state index in [1.54, 1.807) is 23.5 Å². The number of hydrogen-bond acceptors (Lipinski definition) is 4. The molecule has 0 fully saturated rings. The Morgan fingerprint density at radius 3 is 2.70 bits per heavy atom. The minimum absolute atomic E-state index is 0.00623. The van der Waals surface area contributed by atoms with Gasteiger partial charge < -0.3 is 4.74 Å². The molecule has 0 bridgehead atoms. The third kappa shape index (κ3) is 3.02. The lowest BCUT2D eigenvalue weighted by molar-refractivity contribution is -0.0212. The summed E-state index contributed by atoms with van der Waals surface area (Å²) in [5.74, 6) is 0.487. The molecular formula is C20H13Br2FN2OS. The minimum Gasteiger partial charge on any atom is -0.464 e. The van der Waals surface area contributed by atoms with Gasteiger partial charge in [0.05, 0.1) is 26.0 Å². The lowest BCUT2D eigenvalue weighted by atomic mass is 9.97. The summed E-state index contributed by atoms with van der Waals surface area (Å²) < 4.78 is 22.8. The molecule has 3 nitrogen and oxygen atoms in total. The maximum Gasteiger partial charge on any atom is 0.216 e. The van der Waals surface area contributed by atoms with Gasteiger partial charge in [-0.05, 0) is 52.3 Å². The van der Waals surface area contributed by atoms with Crippen LogP contribution in [0.5, 0.6) is 5.75 Å². The Hall–Kier alpha value is -1.70. The van der Waals surface area contributed by atoms with Gasteiger partial charge in [0.1, 0.15) is 11.6 Å². The molecule has 2 aromatic carbocycles. The van der Waals surface area contributed by atoms with Crippen LogP contribution in [0.3, 0.4) is 0 Å². The first-order valence-corrected chi connectivity index (χ1v) is 10.8. The van der Waals surface area contributed by atoms with Crippen molar-refractivity contribution in [1.82, 2.24) is 5.01 Å². The van der Waals surface area contributed by atoms with Crippen molar-refractivity contribution in [2.24, 2.45) is 5.10 Å². The standard InChI is InChI=1S/C20H13Br2FN2OS/c21-11-5-6-17-13(9-11)16-10-15(18-7-8-19(22)27-18)24-25(16)20(26-17)12-3-1-2-4-14(12)23/h1-9,16,20H,10H2/t16-,20-/m0/s1. The molecule has 3 heterocycles. The molecule has 5 rings (SSSR count). The van der Waals surface area contributed by atoms with Crippen molar-refractivity contribution >= 4 is 48.9 Å². The molecule has 0 spiro atoms. The smallest absolute Gasteiger partial charge is 0.216 e. The summed E-state index contributed by atoms with van der Waals surface area (Å²) in [5, 5.41) is 6.75. The second-order valence-corrected chi connectivity index (χ2v) is 9.80. The fourth-order valence-electron chi connectivity index (χ4n) is 3.56. The van der Waals surface area contributed by atoms with Crippen molar-refractivity contribution in [3.8, 4) is 5.75 Å². The van der Waals surface area contributed by atoms with E-state index in [4.69, 9.17) is 9.84 Å². The Kier molecular flexibility index (Phi) is 4.33. The lowest BCUT2D eigenvalue weighted by Crippen LogP contribution is -2.34. The quantitative estimate of drug-likeness (QED) is 0.387. The molecule has 27 heavy (non-hydrogen) atoms. The zero-order valence-corrected chi connectivity index (χ0v) is 17.9. The highest BCUT2D eigenvalue weighted by Crippen LogP contribution is 2.48. The molecule has 1 aromatic heterocycles. The Morgan fingerprint density at radius 2 is 1.93 bits per heavy atom. The summed E-state index contributed by atoms with van der Waals surface area (Å²) in [6.07, 6.45) is 0.163. The summed E-state index contributed by atoms with van der Waals surface area (Å²) >= 11 is 8.72. The first kappa shape index (κ1) is 17.4. The summed E-state index contributed by atoms with van der Waals surface area (Å²) in [4.78, 5) is 1.11. The molecule has 0 saturated carbocycles. The highest BCUT2D eigenvalue weighted by Gasteiger charge is 2.42. The average molecular weight is 508 g/mol. The first-order chi connectivity index (χ1) is 13.1. The van der Waals surface area contributed by atoms with Crippen LogP contribution >= 0.6 is 43.2 Å². The largest absolute Gasteiger partial charge is 0.464 e. The highest BCUT2D eigenvalue weighted by molar-refractivity contribution is 9.11. The van der Waals surface area contributed by atoms with Gasteiger partial charge in [0.25, 0.3) is 0 Å². The zero-order chi connectivity index (χ0) is 18.5. The molecule has 0 N–H and O–H groups in total. The van der Waals surface area contributed by atoms with Gasteiger partial charge >= 0.3 is 0 Å². The van der Waals surface area contributed by atoms with Crippen molar-refractivity contribution < 1.29 is 9.13 Å². The Balaban J connectivity index is 1.63. The number of nitrogens with zero attached hydrogens (tertiary/aromatic N) is 2. The van der Waals surface area contributed by atoms with E-state index in [0.717, 1.165) is 36.6 Å². The van der Waals surface area contributed by atoms with Crippen LogP contribution in [0.2, 0.25) is 0 Å². The summed E-state index contributed by atoms with van der Waals surface area (Å²) in [5.41, 5.74) is 2.55. The average Bonchev–Trinajstić information content (AvgIpc) is 3.28. The molecule has 3 aromatic rings. The van der Waals surface area contributed by atoms with E-state index in [1.807, 2.05) is 29.3 Å². The van der Waals surface area contributed by atoms with Gasteiger partial charge in [0.2, 0.25) is 6.23 Å². The Bertz CT molecular complexity index is 1070. The van der Waals surface area contributed by atoms with Gasteiger partial charge in [-0.3, -0.25) is 0 Å². The van der Waals surface area contributed by atoms with E-state index in [2.05, 4.69) is 44.0 Å². The van der Waals surface area contributed by atoms with Crippen LogP contribution in [0.4, 0.5) is 4.39 Å². The lowest BCUT2D eigenvalue weighted by Gasteiger charge is -2.38. The molecule has 0 aliphatic carbocycles. The molecule has 136 valence electrons. The second kappa shape index (κ2) is 6.72. The van der Waals surface area contributed by atoms with Crippen LogP contribution in [-0.4, -0.2) is 10.7 Å². The van der Waals surface area contributed by atoms with Gasteiger partial charge in [-0.2, -0.15) is 5.10 Å².